The van der Waals surface area contributed by atoms with Gasteiger partial charge in [-0.2, -0.15) is 0 Å². The second-order valence-electron chi connectivity index (χ2n) is 5.28. The van der Waals surface area contributed by atoms with Crippen molar-refractivity contribution in [3.8, 4) is 0 Å². The number of amides is 2. The number of halogens is 1. The molecule has 0 saturated heterocycles. The van der Waals surface area contributed by atoms with Crippen molar-refractivity contribution in [2.45, 2.75) is 19.0 Å². The van der Waals surface area contributed by atoms with E-state index in [1.54, 1.807) is 12.4 Å². The lowest BCUT2D eigenvalue weighted by Gasteiger charge is -2.37. The number of carbonyl (C=O) groups excluding carboxylic acids is 1. The lowest BCUT2D eigenvalue weighted by atomic mass is 10.0. The van der Waals surface area contributed by atoms with Crippen LogP contribution in [0.1, 0.15) is 23.7 Å². The molecule has 2 amide bonds. The number of urea groups is 1. The Kier molecular flexibility index (Phi) is 4.77. The molecule has 3 heterocycles. The number of alkyl halides is 1. The highest BCUT2D eigenvalue weighted by atomic mass is 79.9. The number of rotatable bonds is 4. The van der Waals surface area contributed by atoms with Crippen LogP contribution in [0.15, 0.2) is 42.9 Å². The largest absolute Gasteiger partial charge is 0.348 e. The molecule has 1 aliphatic heterocycles. The summed E-state index contributed by atoms with van der Waals surface area (Å²) in [5, 5.41) is 3.90. The Morgan fingerprint density at radius 1 is 1.32 bits per heavy atom. The first kappa shape index (κ1) is 15.1. The quantitative estimate of drug-likeness (QED) is 0.671. The molecule has 5 nitrogen and oxygen atoms in total. The molecule has 22 heavy (non-hydrogen) atoms. The van der Waals surface area contributed by atoms with Crippen LogP contribution < -0.4 is 5.32 Å². The van der Waals surface area contributed by atoms with Gasteiger partial charge in [0.1, 0.15) is 0 Å². The number of pyridine rings is 1. The fourth-order valence-electron chi connectivity index (χ4n) is 2.86. The van der Waals surface area contributed by atoms with Crippen LogP contribution in [0.25, 0.3) is 0 Å². The molecule has 2 aromatic rings. The van der Waals surface area contributed by atoms with E-state index in [1.807, 2.05) is 23.1 Å². The van der Waals surface area contributed by atoms with E-state index in [-0.39, 0.29) is 12.1 Å². The van der Waals surface area contributed by atoms with Gasteiger partial charge in [0.15, 0.2) is 0 Å². The van der Waals surface area contributed by atoms with E-state index < -0.39 is 0 Å². The van der Waals surface area contributed by atoms with E-state index >= 15 is 0 Å². The van der Waals surface area contributed by atoms with Crippen LogP contribution in [0, 0.1) is 0 Å². The molecule has 0 unspecified atom stereocenters. The van der Waals surface area contributed by atoms with E-state index in [0.29, 0.717) is 13.1 Å². The van der Waals surface area contributed by atoms with Crippen molar-refractivity contribution in [3.63, 3.8) is 0 Å². The number of nitrogens with one attached hydrogen (secondary N) is 1. The van der Waals surface area contributed by atoms with Gasteiger partial charge in [0, 0.05) is 49.2 Å². The molecule has 0 aliphatic carbocycles. The summed E-state index contributed by atoms with van der Waals surface area (Å²) in [5.74, 6) is 0. The number of hydrogen-bond donors (Lipinski definition) is 1. The van der Waals surface area contributed by atoms with Gasteiger partial charge in [0.25, 0.3) is 0 Å². The third-order valence-corrected chi connectivity index (χ3v) is 4.47. The van der Waals surface area contributed by atoms with E-state index in [2.05, 4.69) is 43.1 Å². The van der Waals surface area contributed by atoms with Gasteiger partial charge in [-0.15, -0.1) is 0 Å². The third kappa shape index (κ3) is 3.02. The van der Waals surface area contributed by atoms with Gasteiger partial charge < -0.3 is 14.8 Å². The van der Waals surface area contributed by atoms with Gasteiger partial charge in [-0.05, 0) is 36.2 Å². The first-order valence-electron chi connectivity index (χ1n) is 7.46. The van der Waals surface area contributed by atoms with E-state index in [9.17, 15) is 4.79 Å². The predicted molar refractivity (Wildman–Crippen MR) is 89.0 cm³/mol. The Labute approximate surface area is 138 Å². The first-order chi connectivity index (χ1) is 10.8. The van der Waals surface area contributed by atoms with E-state index in [4.69, 9.17) is 0 Å². The van der Waals surface area contributed by atoms with Gasteiger partial charge in [-0.3, -0.25) is 4.98 Å². The zero-order chi connectivity index (χ0) is 15.4. The predicted octanol–water partition coefficient (Wildman–Crippen LogP) is 2.78. The average molecular weight is 363 g/mol. The van der Waals surface area contributed by atoms with Gasteiger partial charge >= 0.3 is 6.03 Å². The summed E-state index contributed by atoms with van der Waals surface area (Å²) in [5.41, 5.74) is 2.23. The van der Waals surface area contributed by atoms with Crippen LogP contribution >= 0.6 is 15.9 Å². The van der Waals surface area contributed by atoms with Crippen LogP contribution in [-0.4, -0.2) is 38.9 Å². The summed E-state index contributed by atoms with van der Waals surface area (Å²) in [6.45, 7) is 2.22. The molecule has 2 aromatic heterocycles. The Balaban J connectivity index is 1.87. The summed E-state index contributed by atoms with van der Waals surface area (Å²) < 4.78 is 2.22. The highest BCUT2D eigenvalue weighted by Gasteiger charge is 2.31. The van der Waals surface area contributed by atoms with Gasteiger partial charge in [0.2, 0.25) is 0 Å². The molecule has 1 aliphatic rings. The summed E-state index contributed by atoms with van der Waals surface area (Å²) in [6.07, 6.45) is 6.55. The zero-order valence-electron chi connectivity index (χ0n) is 12.3. The maximum atomic E-state index is 12.6. The highest BCUT2D eigenvalue weighted by molar-refractivity contribution is 9.09. The molecule has 0 fully saturated rings. The molecule has 116 valence electrons. The molecule has 0 spiro atoms. The molecule has 1 atom stereocenters. The van der Waals surface area contributed by atoms with Gasteiger partial charge in [-0.1, -0.05) is 15.9 Å². The first-order valence-corrected chi connectivity index (χ1v) is 8.59. The minimum Gasteiger partial charge on any atom is -0.348 e. The SMILES string of the molecule is O=C(NCCCBr)N1CCn2cccc2[C@@H]1c1ccncc1. The molecular formula is C16H19BrN4O. The Bertz CT molecular complexity index is 628. The zero-order valence-corrected chi connectivity index (χ0v) is 13.9. The molecule has 3 rings (SSSR count). The molecule has 0 saturated carbocycles. The minimum absolute atomic E-state index is 0.00443. The number of hydrogen-bond acceptors (Lipinski definition) is 2. The van der Waals surface area contributed by atoms with Crippen molar-refractivity contribution in [1.82, 2.24) is 19.8 Å². The van der Waals surface area contributed by atoms with Crippen molar-refractivity contribution in [3.05, 3.63) is 54.1 Å². The van der Waals surface area contributed by atoms with Crippen LogP contribution in [0.3, 0.4) is 0 Å². The monoisotopic (exact) mass is 362 g/mol. The van der Waals surface area contributed by atoms with Gasteiger partial charge in [0.05, 0.1) is 6.04 Å². The summed E-state index contributed by atoms with van der Waals surface area (Å²) in [4.78, 5) is 18.6. The standard InChI is InChI=1S/C16H19BrN4O/c17-6-2-7-19-16(22)21-12-11-20-10-1-3-14(20)15(21)13-4-8-18-9-5-13/h1,3-5,8-10,15H,2,6-7,11-12H2,(H,19,22)/t15-/m0/s1. The lowest BCUT2D eigenvalue weighted by Crippen LogP contribution is -2.47. The van der Waals surface area contributed by atoms with Crippen molar-refractivity contribution in [2.75, 3.05) is 18.4 Å². The van der Waals surface area contributed by atoms with Gasteiger partial charge in [-0.25, -0.2) is 4.79 Å². The second-order valence-corrected chi connectivity index (χ2v) is 6.07. The molecule has 1 N–H and O–H groups in total. The van der Waals surface area contributed by atoms with Crippen molar-refractivity contribution < 1.29 is 4.79 Å². The van der Waals surface area contributed by atoms with Crippen LogP contribution in [0.5, 0.6) is 0 Å². The molecule has 0 aromatic carbocycles. The average Bonchev–Trinajstić information content (AvgIpc) is 3.03. The number of nitrogens with zero attached hydrogens (tertiary/aromatic N) is 3. The number of aromatic nitrogens is 2. The lowest BCUT2D eigenvalue weighted by molar-refractivity contribution is 0.169. The molecule has 6 heteroatoms. The summed E-state index contributed by atoms with van der Waals surface area (Å²) in [6, 6.07) is 8.02. The topological polar surface area (TPSA) is 50.2 Å². The fourth-order valence-corrected chi connectivity index (χ4v) is 3.14. The van der Waals surface area contributed by atoms with Crippen molar-refractivity contribution in [1.29, 1.82) is 0 Å². The highest BCUT2D eigenvalue weighted by Crippen LogP contribution is 2.31. The van der Waals surface area contributed by atoms with E-state index in [1.165, 1.54) is 0 Å². The number of carbonyl (C=O) groups is 1. The van der Waals surface area contributed by atoms with Crippen molar-refractivity contribution in [2.24, 2.45) is 0 Å². The Hall–Kier alpha value is -1.82. The Morgan fingerprint density at radius 3 is 2.91 bits per heavy atom. The van der Waals surface area contributed by atoms with Crippen LogP contribution in [0.2, 0.25) is 0 Å². The van der Waals surface area contributed by atoms with Crippen molar-refractivity contribution >= 4 is 22.0 Å². The minimum atomic E-state index is -0.0595. The van der Waals surface area contributed by atoms with Crippen LogP contribution in [0.4, 0.5) is 4.79 Å². The maximum absolute atomic E-state index is 12.6. The second kappa shape index (κ2) is 6.96. The molecule has 0 bridgehead atoms. The Morgan fingerprint density at radius 2 is 2.14 bits per heavy atom. The molecule has 0 radical (unpaired) electrons. The number of fused-ring (bicyclic) bond motifs is 1. The molecular weight excluding hydrogens is 344 g/mol. The smallest absolute Gasteiger partial charge is 0.318 e. The maximum Gasteiger partial charge on any atom is 0.318 e. The fraction of sp³-hybridized carbons (Fsp3) is 0.375. The van der Waals surface area contributed by atoms with E-state index in [0.717, 1.165) is 29.6 Å². The van der Waals surface area contributed by atoms with Crippen LogP contribution in [-0.2, 0) is 6.54 Å². The third-order valence-electron chi connectivity index (χ3n) is 3.91. The summed E-state index contributed by atoms with van der Waals surface area (Å²) >= 11 is 3.39. The normalized spacial score (nSPS) is 17.1. The summed E-state index contributed by atoms with van der Waals surface area (Å²) in [7, 11) is 0.